The Morgan fingerprint density at radius 1 is 1.24 bits per heavy atom. The second-order valence-corrected chi connectivity index (χ2v) is 3.96. The van der Waals surface area contributed by atoms with Crippen LogP contribution in [0.3, 0.4) is 0 Å². The van der Waals surface area contributed by atoms with Gasteiger partial charge in [-0.3, -0.25) is 0 Å². The fourth-order valence-electron chi connectivity index (χ4n) is 1.29. The van der Waals surface area contributed by atoms with E-state index in [-0.39, 0.29) is 6.61 Å². The highest BCUT2D eigenvalue weighted by atomic mass is 35.5. The molecule has 0 aliphatic carbocycles. The third-order valence-electron chi connectivity index (χ3n) is 2.16. The summed E-state index contributed by atoms with van der Waals surface area (Å²) in [5.74, 6) is 0.882. The molecule has 0 atom stereocenters. The molecule has 0 aliphatic heterocycles. The SMILES string of the molecule is Cc1ccc(Cl)c(Oc2ccc(CO)nn2)c1. The summed E-state index contributed by atoms with van der Waals surface area (Å²) in [7, 11) is 0. The number of aromatic nitrogens is 2. The van der Waals surface area contributed by atoms with Gasteiger partial charge in [-0.05, 0) is 30.7 Å². The molecule has 0 aliphatic rings. The summed E-state index contributed by atoms with van der Waals surface area (Å²) in [6.07, 6.45) is 0. The Bertz CT molecular complexity index is 514. The van der Waals surface area contributed by atoms with Crippen molar-refractivity contribution in [2.24, 2.45) is 0 Å². The van der Waals surface area contributed by atoms with E-state index < -0.39 is 0 Å². The van der Waals surface area contributed by atoms with Crippen LogP contribution in [0, 0.1) is 6.92 Å². The molecule has 0 saturated heterocycles. The first-order valence-corrected chi connectivity index (χ1v) is 5.44. The molecule has 0 bridgehead atoms. The molecular formula is C12H11ClN2O2. The number of aliphatic hydroxyl groups excluding tert-OH is 1. The standard InChI is InChI=1S/C12H11ClN2O2/c1-8-2-4-10(13)11(6-8)17-12-5-3-9(7-16)14-15-12/h2-6,16H,7H2,1H3. The van der Waals surface area contributed by atoms with Gasteiger partial charge in [0.2, 0.25) is 5.88 Å². The number of benzene rings is 1. The molecule has 0 fully saturated rings. The summed E-state index contributed by atoms with van der Waals surface area (Å²) >= 11 is 5.99. The van der Waals surface area contributed by atoms with E-state index in [1.165, 1.54) is 0 Å². The average Bonchev–Trinajstić information content (AvgIpc) is 2.35. The van der Waals surface area contributed by atoms with Crippen molar-refractivity contribution in [1.29, 1.82) is 0 Å². The number of aliphatic hydroxyl groups is 1. The lowest BCUT2D eigenvalue weighted by atomic mass is 10.2. The molecule has 17 heavy (non-hydrogen) atoms. The van der Waals surface area contributed by atoms with Crippen molar-refractivity contribution in [2.45, 2.75) is 13.5 Å². The van der Waals surface area contributed by atoms with Crippen molar-refractivity contribution < 1.29 is 9.84 Å². The number of halogens is 1. The molecule has 0 radical (unpaired) electrons. The van der Waals surface area contributed by atoms with Gasteiger partial charge < -0.3 is 9.84 Å². The smallest absolute Gasteiger partial charge is 0.238 e. The zero-order valence-electron chi connectivity index (χ0n) is 9.22. The van der Waals surface area contributed by atoms with Crippen molar-refractivity contribution in [1.82, 2.24) is 10.2 Å². The van der Waals surface area contributed by atoms with Crippen LogP contribution in [0.5, 0.6) is 11.6 Å². The maximum Gasteiger partial charge on any atom is 0.238 e. The van der Waals surface area contributed by atoms with Gasteiger partial charge in [-0.15, -0.1) is 10.2 Å². The van der Waals surface area contributed by atoms with Crippen molar-refractivity contribution in [3.63, 3.8) is 0 Å². The van der Waals surface area contributed by atoms with Crippen LogP contribution in [0.2, 0.25) is 5.02 Å². The first-order valence-electron chi connectivity index (χ1n) is 5.06. The lowest BCUT2D eigenvalue weighted by molar-refractivity contribution is 0.274. The van der Waals surface area contributed by atoms with Crippen molar-refractivity contribution in [2.75, 3.05) is 0 Å². The minimum Gasteiger partial charge on any atom is -0.436 e. The maximum atomic E-state index is 8.83. The topological polar surface area (TPSA) is 55.2 Å². The Kier molecular flexibility index (Phi) is 3.56. The Hall–Kier alpha value is -1.65. The van der Waals surface area contributed by atoms with Gasteiger partial charge in [0.1, 0.15) is 5.75 Å². The number of rotatable bonds is 3. The molecule has 4 nitrogen and oxygen atoms in total. The van der Waals surface area contributed by atoms with Crippen LogP contribution in [-0.4, -0.2) is 15.3 Å². The predicted octanol–water partition coefficient (Wildman–Crippen LogP) is 2.72. The number of nitrogens with zero attached hydrogens (tertiary/aromatic N) is 2. The number of ether oxygens (including phenoxy) is 1. The second kappa shape index (κ2) is 5.12. The van der Waals surface area contributed by atoms with Crippen molar-refractivity contribution >= 4 is 11.6 Å². The van der Waals surface area contributed by atoms with Gasteiger partial charge >= 0.3 is 0 Å². The predicted molar refractivity (Wildman–Crippen MR) is 64.2 cm³/mol. The van der Waals surface area contributed by atoms with Crippen LogP contribution in [0.4, 0.5) is 0 Å². The molecule has 0 amide bonds. The molecule has 2 aromatic rings. The summed E-state index contributed by atoms with van der Waals surface area (Å²) in [6.45, 7) is 1.81. The highest BCUT2D eigenvalue weighted by Crippen LogP contribution is 2.28. The zero-order chi connectivity index (χ0) is 12.3. The summed E-state index contributed by atoms with van der Waals surface area (Å²) in [5, 5.41) is 17.0. The summed E-state index contributed by atoms with van der Waals surface area (Å²) in [5.41, 5.74) is 1.54. The van der Waals surface area contributed by atoms with E-state index in [0.29, 0.717) is 22.3 Å². The van der Waals surface area contributed by atoms with Gasteiger partial charge in [-0.25, -0.2) is 0 Å². The number of hydrogen-bond donors (Lipinski definition) is 1. The zero-order valence-corrected chi connectivity index (χ0v) is 9.98. The van der Waals surface area contributed by atoms with Crippen LogP contribution >= 0.6 is 11.6 Å². The second-order valence-electron chi connectivity index (χ2n) is 3.56. The normalized spacial score (nSPS) is 10.3. The summed E-state index contributed by atoms with van der Waals surface area (Å²) in [4.78, 5) is 0. The van der Waals surface area contributed by atoms with E-state index in [4.69, 9.17) is 21.4 Å². The van der Waals surface area contributed by atoms with Crippen LogP contribution < -0.4 is 4.74 Å². The Morgan fingerprint density at radius 2 is 2.06 bits per heavy atom. The molecule has 0 unspecified atom stereocenters. The monoisotopic (exact) mass is 250 g/mol. The van der Waals surface area contributed by atoms with Crippen molar-refractivity contribution in [3.05, 3.63) is 46.6 Å². The molecule has 1 heterocycles. The van der Waals surface area contributed by atoms with Gasteiger partial charge in [0, 0.05) is 6.07 Å². The van der Waals surface area contributed by atoms with E-state index in [2.05, 4.69) is 10.2 Å². The molecular weight excluding hydrogens is 240 g/mol. The summed E-state index contributed by atoms with van der Waals surface area (Å²) in [6, 6.07) is 8.77. The molecule has 88 valence electrons. The Balaban J connectivity index is 2.22. The largest absolute Gasteiger partial charge is 0.436 e. The van der Waals surface area contributed by atoms with Gasteiger partial charge in [0.25, 0.3) is 0 Å². The third-order valence-corrected chi connectivity index (χ3v) is 2.47. The molecule has 2 rings (SSSR count). The fourth-order valence-corrected chi connectivity index (χ4v) is 1.44. The van der Waals surface area contributed by atoms with E-state index in [1.54, 1.807) is 18.2 Å². The van der Waals surface area contributed by atoms with Crippen LogP contribution in [-0.2, 0) is 6.61 Å². The quantitative estimate of drug-likeness (QED) is 0.910. The van der Waals surface area contributed by atoms with Gasteiger partial charge in [0.05, 0.1) is 17.3 Å². The van der Waals surface area contributed by atoms with Crippen LogP contribution in [0.15, 0.2) is 30.3 Å². The highest BCUT2D eigenvalue weighted by molar-refractivity contribution is 6.32. The molecule has 1 aromatic carbocycles. The third kappa shape index (κ3) is 2.93. The minimum atomic E-state index is -0.140. The van der Waals surface area contributed by atoms with E-state index >= 15 is 0 Å². The first-order chi connectivity index (χ1) is 8.19. The van der Waals surface area contributed by atoms with Gasteiger partial charge in [-0.2, -0.15) is 0 Å². The average molecular weight is 251 g/mol. The van der Waals surface area contributed by atoms with E-state index in [0.717, 1.165) is 5.56 Å². The van der Waals surface area contributed by atoms with Crippen LogP contribution in [0.25, 0.3) is 0 Å². The van der Waals surface area contributed by atoms with E-state index in [1.807, 2.05) is 19.1 Å². The van der Waals surface area contributed by atoms with Gasteiger partial charge in [0.15, 0.2) is 0 Å². The van der Waals surface area contributed by atoms with Crippen molar-refractivity contribution in [3.8, 4) is 11.6 Å². The van der Waals surface area contributed by atoms with E-state index in [9.17, 15) is 0 Å². The van der Waals surface area contributed by atoms with Crippen LogP contribution in [0.1, 0.15) is 11.3 Å². The highest BCUT2D eigenvalue weighted by Gasteiger charge is 2.05. The lowest BCUT2D eigenvalue weighted by Gasteiger charge is -2.07. The molecule has 1 aromatic heterocycles. The minimum absolute atomic E-state index is 0.140. The lowest BCUT2D eigenvalue weighted by Crippen LogP contribution is -1.95. The fraction of sp³-hybridized carbons (Fsp3) is 0.167. The molecule has 0 saturated carbocycles. The Morgan fingerprint density at radius 3 is 2.71 bits per heavy atom. The maximum absolute atomic E-state index is 8.83. The van der Waals surface area contributed by atoms with Gasteiger partial charge in [-0.1, -0.05) is 17.7 Å². The molecule has 0 spiro atoms. The summed E-state index contributed by atoms with van der Waals surface area (Å²) < 4.78 is 5.50. The Labute approximate surface area is 104 Å². The number of hydrogen-bond acceptors (Lipinski definition) is 4. The number of aryl methyl sites for hydroxylation is 1. The molecule has 1 N–H and O–H groups in total. The molecule has 5 heteroatoms. The first kappa shape index (κ1) is 11.8.